The van der Waals surface area contributed by atoms with Crippen molar-refractivity contribution in [2.24, 2.45) is 0 Å². The van der Waals surface area contributed by atoms with E-state index in [4.69, 9.17) is 9.47 Å². The van der Waals surface area contributed by atoms with Gasteiger partial charge in [0.2, 0.25) is 5.95 Å². The van der Waals surface area contributed by atoms with Gasteiger partial charge < -0.3 is 19.8 Å². The molecule has 0 saturated carbocycles. The maximum absolute atomic E-state index is 10.8. The lowest BCUT2D eigenvalue weighted by Crippen LogP contribution is -2.01. The minimum atomic E-state index is -0.413. The van der Waals surface area contributed by atoms with Gasteiger partial charge in [-0.2, -0.15) is 0 Å². The number of hydrogen-bond donors (Lipinski definition) is 2. The molecule has 24 heavy (non-hydrogen) atoms. The zero-order chi connectivity index (χ0) is 17.1. The maximum Gasteiger partial charge on any atom is 0.269 e. The second-order valence-electron chi connectivity index (χ2n) is 5.09. The Labute approximate surface area is 137 Å². The summed E-state index contributed by atoms with van der Waals surface area (Å²) in [5, 5.41) is 13.9. The predicted molar refractivity (Wildman–Crippen MR) is 89.6 cm³/mol. The lowest BCUT2D eigenvalue weighted by Gasteiger charge is -2.06. The Balaban J connectivity index is 1.80. The van der Waals surface area contributed by atoms with Crippen LogP contribution >= 0.6 is 0 Å². The third-order valence-corrected chi connectivity index (χ3v) is 3.57. The number of non-ortho nitro benzene ring substituents is 1. The van der Waals surface area contributed by atoms with E-state index in [9.17, 15) is 10.1 Å². The van der Waals surface area contributed by atoms with E-state index in [1.165, 1.54) is 12.1 Å². The average molecular weight is 328 g/mol. The zero-order valence-corrected chi connectivity index (χ0v) is 13.2. The number of anilines is 1. The third kappa shape index (κ3) is 3.07. The number of nitro benzene ring substituents is 1. The van der Waals surface area contributed by atoms with Crippen molar-refractivity contribution in [3.8, 4) is 11.5 Å². The Kier molecular flexibility index (Phi) is 4.19. The molecular formula is C16H16N4O4. The van der Waals surface area contributed by atoms with E-state index in [1.807, 2.05) is 6.07 Å². The van der Waals surface area contributed by atoms with Gasteiger partial charge >= 0.3 is 0 Å². The number of fused-ring (bicyclic) bond motifs is 1. The van der Waals surface area contributed by atoms with Crippen LogP contribution < -0.4 is 14.8 Å². The van der Waals surface area contributed by atoms with Crippen molar-refractivity contribution >= 4 is 22.7 Å². The number of methoxy groups -OCH3 is 2. The van der Waals surface area contributed by atoms with Crippen molar-refractivity contribution in [2.75, 3.05) is 19.5 Å². The largest absolute Gasteiger partial charge is 0.493 e. The van der Waals surface area contributed by atoms with Crippen LogP contribution in [0.25, 0.3) is 11.0 Å². The SMILES string of the molecule is COc1cc2nc(NCc3cccc([N+](=O)[O-])c3)[nH]c2cc1OC. The molecule has 3 aromatic rings. The van der Waals surface area contributed by atoms with Gasteiger partial charge in [-0.25, -0.2) is 4.98 Å². The Morgan fingerprint density at radius 2 is 1.96 bits per heavy atom. The molecule has 0 spiro atoms. The Morgan fingerprint density at radius 1 is 1.21 bits per heavy atom. The van der Waals surface area contributed by atoms with Crippen molar-refractivity contribution in [3.05, 3.63) is 52.1 Å². The number of nitro groups is 1. The maximum atomic E-state index is 10.8. The van der Waals surface area contributed by atoms with Crippen molar-refractivity contribution < 1.29 is 14.4 Å². The number of hydrogen-bond acceptors (Lipinski definition) is 6. The fraction of sp³-hybridized carbons (Fsp3) is 0.188. The number of aromatic nitrogens is 2. The highest BCUT2D eigenvalue weighted by molar-refractivity contribution is 5.81. The molecule has 1 heterocycles. The molecule has 8 nitrogen and oxygen atoms in total. The molecule has 0 bridgehead atoms. The molecule has 1 aromatic heterocycles. The predicted octanol–water partition coefficient (Wildman–Crippen LogP) is 3.10. The molecular weight excluding hydrogens is 312 g/mol. The topological polar surface area (TPSA) is 102 Å². The highest BCUT2D eigenvalue weighted by Crippen LogP contribution is 2.31. The van der Waals surface area contributed by atoms with Gasteiger partial charge in [-0.3, -0.25) is 10.1 Å². The van der Waals surface area contributed by atoms with E-state index >= 15 is 0 Å². The van der Waals surface area contributed by atoms with Crippen LogP contribution in [0.1, 0.15) is 5.56 Å². The summed E-state index contributed by atoms with van der Waals surface area (Å²) in [6, 6.07) is 10.0. The van der Waals surface area contributed by atoms with Gasteiger partial charge in [0.15, 0.2) is 11.5 Å². The summed E-state index contributed by atoms with van der Waals surface area (Å²) < 4.78 is 10.5. The molecule has 0 aliphatic rings. The van der Waals surface area contributed by atoms with Crippen LogP contribution in [0.4, 0.5) is 11.6 Å². The van der Waals surface area contributed by atoms with Crippen LogP contribution in [0.3, 0.4) is 0 Å². The lowest BCUT2D eigenvalue weighted by atomic mass is 10.2. The van der Waals surface area contributed by atoms with E-state index in [0.29, 0.717) is 24.0 Å². The summed E-state index contributed by atoms with van der Waals surface area (Å²) in [7, 11) is 3.14. The van der Waals surface area contributed by atoms with Gasteiger partial charge in [-0.15, -0.1) is 0 Å². The molecule has 0 amide bonds. The molecule has 0 saturated heterocycles. The number of H-pyrrole nitrogens is 1. The first-order valence-corrected chi connectivity index (χ1v) is 7.19. The van der Waals surface area contributed by atoms with Crippen LogP contribution in [-0.4, -0.2) is 29.1 Å². The highest BCUT2D eigenvalue weighted by Gasteiger charge is 2.10. The van der Waals surface area contributed by atoms with Gasteiger partial charge in [0, 0.05) is 30.8 Å². The number of benzene rings is 2. The third-order valence-electron chi connectivity index (χ3n) is 3.57. The van der Waals surface area contributed by atoms with Crippen LogP contribution in [-0.2, 0) is 6.54 Å². The van der Waals surface area contributed by atoms with Gasteiger partial charge in [-0.05, 0) is 5.56 Å². The van der Waals surface area contributed by atoms with Crippen LogP contribution in [0.2, 0.25) is 0 Å². The normalized spacial score (nSPS) is 10.6. The molecule has 124 valence electrons. The number of rotatable bonds is 6. The van der Waals surface area contributed by atoms with Gasteiger partial charge in [0.1, 0.15) is 0 Å². The van der Waals surface area contributed by atoms with Crippen molar-refractivity contribution in [1.29, 1.82) is 0 Å². The van der Waals surface area contributed by atoms with Gasteiger partial charge in [0.05, 0.1) is 30.2 Å². The summed E-state index contributed by atoms with van der Waals surface area (Å²) in [6.45, 7) is 0.412. The minimum Gasteiger partial charge on any atom is -0.493 e. The Hall–Kier alpha value is -3.29. The fourth-order valence-corrected chi connectivity index (χ4v) is 2.39. The van der Waals surface area contributed by atoms with E-state index in [2.05, 4.69) is 15.3 Å². The van der Waals surface area contributed by atoms with E-state index < -0.39 is 4.92 Å². The first-order chi connectivity index (χ1) is 11.6. The standard InChI is InChI=1S/C16H16N4O4/c1-23-14-7-12-13(8-15(14)24-2)19-16(18-12)17-9-10-4-3-5-11(6-10)20(21)22/h3-8H,9H2,1-2H3,(H2,17,18,19). The molecule has 2 N–H and O–H groups in total. The highest BCUT2D eigenvalue weighted by atomic mass is 16.6. The van der Waals surface area contributed by atoms with Crippen LogP contribution in [0, 0.1) is 10.1 Å². The van der Waals surface area contributed by atoms with E-state index in [1.54, 1.807) is 32.4 Å². The van der Waals surface area contributed by atoms with E-state index in [-0.39, 0.29) is 5.69 Å². The number of aromatic amines is 1. The summed E-state index contributed by atoms with van der Waals surface area (Å²) in [5.41, 5.74) is 2.39. The second kappa shape index (κ2) is 6.45. The fourth-order valence-electron chi connectivity index (χ4n) is 2.39. The Bertz CT molecular complexity index is 850. The molecule has 0 aliphatic carbocycles. The number of nitrogens with one attached hydrogen (secondary N) is 2. The molecule has 0 fully saturated rings. The molecule has 0 aliphatic heterocycles. The quantitative estimate of drug-likeness (QED) is 0.532. The summed E-state index contributed by atoms with van der Waals surface area (Å²) in [4.78, 5) is 18.0. The smallest absolute Gasteiger partial charge is 0.269 e. The monoisotopic (exact) mass is 328 g/mol. The first kappa shape index (κ1) is 15.6. The van der Waals surface area contributed by atoms with Crippen molar-refractivity contribution in [2.45, 2.75) is 6.54 Å². The second-order valence-corrected chi connectivity index (χ2v) is 5.09. The summed E-state index contributed by atoms with van der Waals surface area (Å²) in [6.07, 6.45) is 0. The molecule has 8 heteroatoms. The summed E-state index contributed by atoms with van der Waals surface area (Å²) in [5.74, 6) is 1.77. The number of nitrogens with zero attached hydrogens (tertiary/aromatic N) is 2. The van der Waals surface area contributed by atoms with Crippen LogP contribution in [0.5, 0.6) is 11.5 Å². The van der Waals surface area contributed by atoms with Crippen molar-refractivity contribution in [3.63, 3.8) is 0 Å². The zero-order valence-electron chi connectivity index (χ0n) is 13.2. The first-order valence-electron chi connectivity index (χ1n) is 7.19. The number of imidazole rings is 1. The molecule has 2 aromatic carbocycles. The molecule has 0 unspecified atom stereocenters. The molecule has 0 radical (unpaired) electrons. The molecule has 0 atom stereocenters. The lowest BCUT2D eigenvalue weighted by molar-refractivity contribution is -0.384. The van der Waals surface area contributed by atoms with Gasteiger partial charge in [-0.1, -0.05) is 12.1 Å². The average Bonchev–Trinajstić information content (AvgIpc) is 3.00. The number of ether oxygens (including phenoxy) is 2. The summed E-state index contributed by atoms with van der Waals surface area (Å²) >= 11 is 0. The molecule has 3 rings (SSSR count). The minimum absolute atomic E-state index is 0.0633. The van der Waals surface area contributed by atoms with Gasteiger partial charge in [0.25, 0.3) is 5.69 Å². The van der Waals surface area contributed by atoms with Crippen molar-refractivity contribution in [1.82, 2.24) is 9.97 Å². The Morgan fingerprint density at radius 3 is 2.67 bits per heavy atom. The van der Waals surface area contributed by atoms with E-state index in [0.717, 1.165) is 16.6 Å². The van der Waals surface area contributed by atoms with Crippen LogP contribution in [0.15, 0.2) is 36.4 Å².